The molecule has 2 N–H and O–H groups in total. The lowest BCUT2D eigenvalue weighted by Gasteiger charge is -2.08. The third-order valence-corrected chi connectivity index (χ3v) is 4.11. The molecule has 2 heterocycles. The van der Waals surface area contributed by atoms with Gasteiger partial charge < -0.3 is 15.2 Å². The molecule has 2 amide bonds. The largest absolute Gasteiger partial charge is 0.353 e. The van der Waals surface area contributed by atoms with Crippen molar-refractivity contribution < 1.29 is 9.59 Å². The minimum atomic E-state index is -0.426. The van der Waals surface area contributed by atoms with Crippen LogP contribution in [-0.2, 0) is 11.3 Å². The molecule has 25 heavy (non-hydrogen) atoms. The Hall–Kier alpha value is -2.74. The quantitative estimate of drug-likeness (QED) is 0.658. The molecule has 0 aliphatic heterocycles. The number of benzene rings is 1. The zero-order chi connectivity index (χ0) is 17.6. The summed E-state index contributed by atoms with van der Waals surface area (Å²) in [5.41, 5.74) is 1.28. The molecule has 0 spiro atoms. The van der Waals surface area contributed by atoms with Gasteiger partial charge in [0.25, 0.3) is 5.91 Å². The predicted molar refractivity (Wildman–Crippen MR) is 97.0 cm³/mol. The molecular weight excluding hydrogens is 386 g/mol. The van der Waals surface area contributed by atoms with E-state index in [0.717, 1.165) is 15.4 Å². The van der Waals surface area contributed by atoms with Crippen molar-refractivity contribution in [1.29, 1.82) is 0 Å². The maximum atomic E-state index is 11.8. The van der Waals surface area contributed by atoms with E-state index in [1.807, 2.05) is 30.5 Å². The van der Waals surface area contributed by atoms with Gasteiger partial charge in [-0.15, -0.1) is 0 Å². The Kier molecular flexibility index (Phi) is 5.39. The van der Waals surface area contributed by atoms with Crippen LogP contribution in [0.25, 0.3) is 10.9 Å². The predicted octanol–water partition coefficient (Wildman–Crippen LogP) is 1.74. The Morgan fingerprint density at radius 1 is 1.16 bits per heavy atom. The average molecular weight is 402 g/mol. The first-order valence-corrected chi connectivity index (χ1v) is 8.48. The second-order valence-electron chi connectivity index (χ2n) is 5.34. The average Bonchev–Trinajstić information content (AvgIpc) is 3.02. The zero-order valence-corrected chi connectivity index (χ0v) is 14.9. The normalized spacial score (nSPS) is 10.6. The lowest BCUT2D eigenvalue weighted by molar-refractivity contribution is -0.120. The fourth-order valence-corrected chi connectivity index (χ4v) is 2.75. The molecule has 3 rings (SSSR count). The van der Waals surface area contributed by atoms with Gasteiger partial charge in [-0.05, 0) is 23.6 Å². The van der Waals surface area contributed by atoms with Gasteiger partial charge in [0.05, 0.1) is 12.7 Å². The highest BCUT2D eigenvalue weighted by atomic mass is 79.9. The second-order valence-corrected chi connectivity index (χ2v) is 6.25. The van der Waals surface area contributed by atoms with Crippen molar-refractivity contribution in [3.05, 3.63) is 59.2 Å². The van der Waals surface area contributed by atoms with Crippen LogP contribution in [0.1, 0.15) is 10.5 Å². The summed E-state index contributed by atoms with van der Waals surface area (Å²) in [5, 5.41) is 6.44. The second kappa shape index (κ2) is 7.89. The highest BCUT2D eigenvalue weighted by molar-refractivity contribution is 9.10. The summed E-state index contributed by atoms with van der Waals surface area (Å²) in [6.07, 6.45) is 6.24. The molecule has 7 nitrogen and oxygen atoms in total. The number of hydrogen-bond donors (Lipinski definition) is 2. The lowest BCUT2D eigenvalue weighted by atomic mass is 10.2. The van der Waals surface area contributed by atoms with Gasteiger partial charge in [0.2, 0.25) is 5.91 Å². The van der Waals surface area contributed by atoms with Crippen LogP contribution in [0.15, 0.2) is 53.5 Å². The van der Waals surface area contributed by atoms with Crippen LogP contribution >= 0.6 is 15.9 Å². The van der Waals surface area contributed by atoms with Gasteiger partial charge in [-0.3, -0.25) is 14.6 Å². The lowest BCUT2D eigenvalue weighted by Crippen LogP contribution is -2.38. The fourth-order valence-electron chi connectivity index (χ4n) is 2.40. The Morgan fingerprint density at radius 3 is 2.84 bits per heavy atom. The summed E-state index contributed by atoms with van der Waals surface area (Å²) >= 11 is 3.46. The van der Waals surface area contributed by atoms with Crippen LogP contribution in [0.2, 0.25) is 0 Å². The van der Waals surface area contributed by atoms with Crippen molar-refractivity contribution in [2.45, 2.75) is 6.54 Å². The van der Waals surface area contributed by atoms with Crippen molar-refractivity contribution >= 4 is 38.6 Å². The van der Waals surface area contributed by atoms with Gasteiger partial charge in [0, 0.05) is 41.7 Å². The fraction of sp³-hybridized carbons (Fsp3) is 0.176. The monoisotopic (exact) mass is 401 g/mol. The number of nitrogens with one attached hydrogen (secondary N) is 2. The van der Waals surface area contributed by atoms with E-state index in [0.29, 0.717) is 13.1 Å². The summed E-state index contributed by atoms with van der Waals surface area (Å²) in [7, 11) is 0. The summed E-state index contributed by atoms with van der Waals surface area (Å²) in [5.74, 6) is -0.681. The molecule has 2 aromatic heterocycles. The summed E-state index contributed by atoms with van der Waals surface area (Å²) in [6.45, 7) is 1.01. The van der Waals surface area contributed by atoms with Crippen LogP contribution in [0.5, 0.6) is 0 Å². The van der Waals surface area contributed by atoms with E-state index in [4.69, 9.17) is 0 Å². The highest BCUT2D eigenvalue weighted by Gasteiger charge is 2.09. The third-order valence-electron chi connectivity index (χ3n) is 3.62. The Balaban J connectivity index is 1.46. The Bertz CT molecular complexity index is 894. The highest BCUT2D eigenvalue weighted by Crippen LogP contribution is 2.20. The molecule has 0 fully saturated rings. The number of rotatable bonds is 6. The number of carbonyl (C=O) groups is 2. The van der Waals surface area contributed by atoms with Crippen molar-refractivity contribution in [2.75, 3.05) is 13.1 Å². The van der Waals surface area contributed by atoms with Gasteiger partial charge >= 0.3 is 0 Å². The molecule has 3 aromatic rings. The van der Waals surface area contributed by atoms with Crippen LogP contribution in [0.3, 0.4) is 0 Å². The van der Waals surface area contributed by atoms with Crippen molar-refractivity contribution in [3.63, 3.8) is 0 Å². The van der Waals surface area contributed by atoms with E-state index in [2.05, 4.69) is 41.1 Å². The van der Waals surface area contributed by atoms with Crippen molar-refractivity contribution in [1.82, 2.24) is 25.2 Å². The number of hydrogen-bond acceptors (Lipinski definition) is 4. The molecule has 128 valence electrons. The molecule has 1 aromatic carbocycles. The molecule has 0 saturated heterocycles. The van der Waals surface area contributed by atoms with Crippen LogP contribution in [0.4, 0.5) is 0 Å². The molecule has 0 aliphatic carbocycles. The maximum absolute atomic E-state index is 11.8. The van der Waals surface area contributed by atoms with Crippen molar-refractivity contribution in [3.8, 4) is 0 Å². The van der Waals surface area contributed by atoms with Crippen LogP contribution < -0.4 is 10.6 Å². The first-order valence-electron chi connectivity index (χ1n) is 7.69. The number of carbonyl (C=O) groups excluding carboxylic acids is 2. The van der Waals surface area contributed by atoms with Gasteiger partial charge in [-0.1, -0.05) is 22.0 Å². The van der Waals surface area contributed by atoms with E-state index in [1.54, 1.807) is 0 Å². The first kappa shape index (κ1) is 17.1. The summed E-state index contributed by atoms with van der Waals surface area (Å²) < 4.78 is 3.08. The topological polar surface area (TPSA) is 88.9 Å². The van der Waals surface area contributed by atoms with E-state index in [-0.39, 0.29) is 18.1 Å². The minimum Gasteiger partial charge on any atom is -0.353 e. The molecule has 0 bridgehead atoms. The maximum Gasteiger partial charge on any atom is 0.271 e. The molecular formula is C17H16BrN5O2. The van der Waals surface area contributed by atoms with E-state index in [9.17, 15) is 9.59 Å². The van der Waals surface area contributed by atoms with Crippen molar-refractivity contribution in [2.24, 2.45) is 0 Å². The third kappa shape index (κ3) is 4.42. The Labute approximate surface area is 152 Å². The number of amides is 2. The first-order chi connectivity index (χ1) is 12.1. The van der Waals surface area contributed by atoms with E-state index < -0.39 is 5.91 Å². The SMILES string of the molecule is O=C(CNC(=O)c1cnccn1)NCCn1ccc2ccc(Br)cc21. The number of nitrogens with zero attached hydrogens (tertiary/aromatic N) is 3. The zero-order valence-electron chi connectivity index (χ0n) is 13.3. The summed E-state index contributed by atoms with van der Waals surface area (Å²) in [4.78, 5) is 31.3. The number of halogens is 1. The molecule has 0 aliphatic rings. The number of fused-ring (bicyclic) bond motifs is 1. The van der Waals surface area contributed by atoms with E-state index in [1.165, 1.54) is 18.6 Å². The van der Waals surface area contributed by atoms with E-state index >= 15 is 0 Å². The Morgan fingerprint density at radius 2 is 2.04 bits per heavy atom. The van der Waals surface area contributed by atoms with Gasteiger partial charge in [-0.25, -0.2) is 4.98 Å². The smallest absolute Gasteiger partial charge is 0.271 e. The summed E-state index contributed by atoms with van der Waals surface area (Å²) in [6, 6.07) is 8.10. The number of aromatic nitrogens is 3. The molecule has 0 atom stereocenters. The molecule has 0 saturated carbocycles. The van der Waals surface area contributed by atoms with Gasteiger partial charge in [0.15, 0.2) is 0 Å². The van der Waals surface area contributed by atoms with Gasteiger partial charge in [0.1, 0.15) is 5.69 Å². The minimum absolute atomic E-state index is 0.104. The van der Waals surface area contributed by atoms with Gasteiger partial charge in [-0.2, -0.15) is 0 Å². The standard InChI is InChI=1S/C17H16BrN5O2/c18-13-2-1-12-3-7-23(15(12)9-13)8-6-21-16(24)11-22-17(25)14-10-19-4-5-20-14/h1-5,7,9-10H,6,8,11H2,(H,21,24)(H,22,25). The van der Waals surface area contributed by atoms with Crippen LogP contribution in [-0.4, -0.2) is 39.4 Å². The molecule has 0 unspecified atom stereocenters. The molecule has 0 radical (unpaired) electrons. The van der Waals surface area contributed by atoms with Crippen LogP contribution in [0, 0.1) is 0 Å². The molecule has 8 heteroatoms.